The molecular weight excluding hydrogens is 280 g/mol. The van der Waals surface area contributed by atoms with Gasteiger partial charge < -0.3 is 14.6 Å². The first-order valence-electron chi connectivity index (χ1n) is 7.15. The van der Waals surface area contributed by atoms with Crippen molar-refractivity contribution in [2.45, 2.75) is 33.5 Å². The zero-order chi connectivity index (χ0) is 16.1. The van der Waals surface area contributed by atoms with Crippen molar-refractivity contribution in [3.05, 3.63) is 59.2 Å². The molecule has 0 bridgehead atoms. The van der Waals surface area contributed by atoms with Crippen molar-refractivity contribution < 1.29 is 19.4 Å². The van der Waals surface area contributed by atoms with Crippen LogP contribution < -0.4 is 9.47 Å². The van der Waals surface area contributed by atoms with Gasteiger partial charge in [0.25, 0.3) is 0 Å². The lowest BCUT2D eigenvalue weighted by Gasteiger charge is -2.13. The van der Waals surface area contributed by atoms with E-state index in [-0.39, 0.29) is 6.61 Å². The minimum atomic E-state index is -1.16. The molecule has 116 valence electrons. The van der Waals surface area contributed by atoms with Crippen LogP contribution >= 0.6 is 0 Å². The number of hydrogen-bond acceptors (Lipinski definition) is 4. The van der Waals surface area contributed by atoms with Crippen LogP contribution in [0.5, 0.6) is 11.5 Å². The lowest BCUT2D eigenvalue weighted by atomic mass is 10.1. The predicted molar refractivity (Wildman–Crippen MR) is 84.0 cm³/mol. The Morgan fingerprint density at radius 2 is 1.86 bits per heavy atom. The highest BCUT2D eigenvalue weighted by Gasteiger charge is 2.14. The second kappa shape index (κ2) is 7.09. The topological polar surface area (TPSA) is 55.8 Å². The second-order valence-corrected chi connectivity index (χ2v) is 5.26. The molecule has 2 aromatic carbocycles. The number of aryl methyl sites for hydroxylation is 2. The molecule has 0 aliphatic rings. The Hall–Kier alpha value is -2.33. The van der Waals surface area contributed by atoms with Crippen molar-refractivity contribution >= 4 is 5.97 Å². The number of carbonyl (C=O) groups excluding carboxylic acids is 1. The first kappa shape index (κ1) is 16.0. The molecule has 0 amide bonds. The van der Waals surface area contributed by atoms with Crippen LogP contribution in [0.25, 0.3) is 0 Å². The maximum atomic E-state index is 11.5. The largest absolute Gasteiger partial charge is 0.488 e. The molecule has 0 spiro atoms. The van der Waals surface area contributed by atoms with E-state index in [0.29, 0.717) is 5.75 Å². The highest BCUT2D eigenvalue weighted by molar-refractivity contribution is 5.76. The number of hydrogen-bond donors (Lipinski definition) is 1. The highest BCUT2D eigenvalue weighted by atomic mass is 16.6. The molecule has 0 saturated carbocycles. The molecule has 4 nitrogen and oxygen atoms in total. The number of rotatable bonds is 5. The van der Waals surface area contributed by atoms with Crippen LogP contribution in [-0.4, -0.2) is 17.2 Å². The Bertz CT molecular complexity index is 662. The molecule has 22 heavy (non-hydrogen) atoms. The van der Waals surface area contributed by atoms with E-state index < -0.39 is 12.1 Å². The third kappa shape index (κ3) is 4.09. The van der Waals surface area contributed by atoms with Gasteiger partial charge in [0.2, 0.25) is 0 Å². The fraction of sp³-hybridized carbons (Fsp3) is 0.278. The maximum Gasteiger partial charge on any atom is 0.340 e. The summed E-state index contributed by atoms with van der Waals surface area (Å²) in [7, 11) is 0. The molecular formula is C18H20O4. The number of carbonyl (C=O) groups is 1. The van der Waals surface area contributed by atoms with Crippen molar-refractivity contribution in [3.63, 3.8) is 0 Å². The van der Waals surface area contributed by atoms with E-state index in [2.05, 4.69) is 0 Å². The molecule has 4 heteroatoms. The summed E-state index contributed by atoms with van der Waals surface area (Å²) in [6, 6.07) is 13.1. The van der Waals surface area contributed by atoms with Gasteiger partial charge in [0.1, 0.15) is 24.2 Å². The van der Waals surface area contributed by atoms with Crippen molar-refractivity contribution in [2.24, 2.45) is 0 Å². The van der Waals surface area contributed by atoms with Crippen molar-refractivity contribution in [1.82, 2.24) is 0 Å². The van der Waals surface area contributed by atoms with Crippen LogP contribution in [0, 0.1) is 13.8 Å². The van der Waals surface area contributed by atoms with Gasteiger partial charge in [-0.2, -0.15) is 0 Å². The third-order valence-electron chi connectivity index (χ3n) is 3.25. The van der Waals surface area contributed by atoms with Crippen molar-refractivity contribution in [3.8, 4) is 11.5 Å². The van der Waals surface area contributed by atoms with E-state index in [1.165, 1.54) is 6.92 Å². The zero-order valence-corrected chi connectivity index (χ0v) is 13.0. The van der Waals surface area contributed by atoms with Gasteiger partial charge in [0.15, 0.2) is 0 Å². The van der Waals surface area contributed by atoms with E-state index in [9.17, 15) is 9.90 Å². The molecule has 0 aliphatic heterocycles. The Balaban J connectivity index is 2.13. The zero-order valence-electron chi connectivity index (χ0n) is 13.0. The van der Waals surface area contributed by atoms with Crippen molar-refractivity contribution in [2.75, 3.05) is 0 Å². The van der Waals surface area contributed by atoms with Crippen LogP contribution in [0.4, 0.5) is 0 Å². The average molecular weight is 300 g/mol. The molecule has 0 fully saturated rings. The van der Waals surface area contributed by atoms with Gasteiger partial charge in [-0.05, 0) is 44.0 Å². The van der Waals surface area contributed by atoms with E-state index in [1.54, 1.807) is 12.1 Å². The minimum Gasteiger partial charge on any atom is -0.488 e. The molecule has 1 N–H and O–H groups in total. The van der Waals surface area contributed by atoms with Gasteiger partial charge in [-0.3, -0.25) is 0 Å². The smallest absolute Gasteiger partial charge is 0.340 e. The van der Waals surface area contributed by atoms with Gasteiger partial charge >= 0.3 is 5.97 Å². The Labute approximate surface area is 130 Å². The summed E-state index contributed by atoms with van der Waals surface area (Å²) in [4.78, 5) is 11.5. The van der Waals surface area contributed by atoms with E-state index in [1.807, 2.05) is 44.2 Å². The lowest BCUT2D eigenvalue weighted by Crippen LogP contribution is -2.22. The van der Waals surface area contributed by atoms with Gasteiger partial charge in [0.05, 0.1) is 0 Å². The van der Waals surface area contributed by atoms with Crippen LogP contribution in [0.1, 0.15) is 23.6 Å². The molecule has 0 saturated heterocycles. The molecule has 1 atom stereocenters. The van der Waals surface area contributed by atoms with E-state index in [4.69, 9.17) is 9.47 Å². The predicted octanol–water partition coefficient (Wildman–Crippen LogP) is 3.17. The monoisotopic (exact) mass is 300 g/mol. The van der Waals surface area contributed by atoms with Gasteiger partial charge in [-0.15, -0.1) is 0 Å². The molecule has 1 unspecified atom stereocenters. The molecule has 2 rings (SSSR count). The van der Waals surface area contributed by atoms with Gasteiger partial charge in [0, 0.05) is 5.56 Å². The summed E-state index contributed by atoms with van der Waals surface area (Å²) in [5.74, 6) is 0.523. The summed E-state index contributed by atoms with van der Waals surface area (Å²) in [5.41, 5.74) is 2.91. The lowest BCUT2D eigenvalue weighted by molar-refractivity contribution is -0.142. The fourth-order valence-corrected chi connectivity index (χ4v) is 1.93. The number of para-hydroxylation sites is 1. The van der Waals surface area contributed by atoms with Crippen molar-refractivity contribution in [1.29, 1.82) is 0 Å². The summed E-state index contributed by atoms with van der Waals surface area (Å²) in [6.45, 7) is 5.64. The van der Waals surface area contributed by atoms with Gasteiger partial charge in [-0.25, -0.2) is 4.79 Å². The van der Waals surface area contributed by atoms with Crippen LogP contribution in [-0.2, 0) is 11.4 Å². The number of aliphatic hydroxyl groups excluding tert-OH is 1. The fourth-order valence-electron chi connectivity index (χ4n) is 1.93. The maximum absolute atomic E-state index is 11.5. The summed E-state index contributed by atoms with van der Waals surface area (Å²) in [5, 5.41) is 9.24. The highest BCUT2D eigenvalue weighted by Crippen LogP contribution is 2.24. The number of benzene rings is 2. The van der Waals surface area contributed by atoms with Crippen LogP contribution in [0.3, 0.4) is 0 Å². The average Bonchev–Trinajstić information content (AvgIpc) is 2.49. The molecule has 0 aromatic heterocycles. The van der Waals surface area contributed by atoms with E-state index in [0.717, 1.165) is 22.4 Å². The van der Waals surface area contributed by atoms with Crippen LogP contribution in [0.15, 0.2) is 42.5 Å². The van der Waals surface area contributed by atoms with E-state index >= 15 is 0 Å². The first-order chi connectivity index (χ1) is 10.5. The molecule has 0 radical (unpaired) electrons. The first-order valence-corrected chi connectivity index (χ1v) is 7.15. The molecule has 0 heterocycles. The summed E-state index contributed by atoms with van der Waals surface area (Å²) >= 11 is 0. The SMILES string of the molecule is Cc1ccc(C)c(OCc2ccccc2OC(=O)C(C)O)c1. The Morgan fingerprint density at radius 1 is 1.14 bits per heavy atom. The van der Waals surface area contributed by atoms with Crippen LogP contribution in [0.2, 0.25) is 0 Å². The van der Waals surface area contributed by atoms with Gasteiger partial charge in [-0.1, -0.05) is 30.3 Å². The normalized spacial score (nSPS) is 11.8. The minimum absolute atomic E-state index is 0.285. The number of ether oxygens (including phenoxy) is 2. The summed E-state index contributed by atoms with van der Waals surface area (Å²) < 4.78 is 11.0. The molecule has 2 aromatic rings. The molecule has 0 aliphatic carbocycles. The number of aliphatic hydroxyl groups is 1. The standard InChI is InChI=1S/C18H20O4/c1-12-8-9-13(2)17(10-12)21-11-15-6-4-5-7-16(15)22-18(20)14(3)19/h4-10,14,19H,11H2,1-3H3. The Morgan fingerprint density at radius 3 is 2.59 bits per heavy atom. The Kier molecular flexibility index (Phi) is 5.17. The number of esters is 1. The third-order valence-corrected chi connectivity index (χ3v) is 3.25. The quantitative estimate of drug-likeness (QED) is 0.680. The second-order valence-electron chi connectivity index (χ2n) is 5.26. The summed E-state index contributed by atoms with van der Waals surface area (Å²) in [6.07, 6.45) is -1.16.